The van der Waals surface area contributed by atoms with Gasteiger partial charge in [-0.05, 0) is 48.6 Å². The summed E-state index contributed by atoms with van der Waals surface area (Å²) in [6, 6.07) is 20.0. The van der Waals surface area contributed by atoms with Gasteiger partial charge < -0.3 is 8.83 Å². The predicted octanol–water partition coefficient (Wildman–Crippen LogP) is 7.21. The first-order valence-corrected chi connectivity index (χ1v) is 11.5. The van der Waals surface area contributed by atoms with E-state index in [9.17, 15) is 0 Å². The van der Waals surface area contributed by atoms with Crippen molar-refractivity contribution in [3.8, 4) is 22.9 Å². The first kappa shape index (κ1) is 17.6. The van der Waals surface area contributed by atoms with Crippen molar-refractivity contribution < 1.29 is 8.83 Å². The molecule has 0 amide bonds. The second kappa shape index (κ2) is 7.23. The van der Waals surface area contributed by atoms with Crippen LogP contribution in [0.5, 0.6) is 0 Å². The zero-order valence-corrected chi connectivity index (χ0v) is 17.5. The van der Waals surface area contributed by atoms with Crippen LogP contribution in [-0.2, 0) is 12.8 Å². The average molecular weight is 429 g/mol. The van der Waals surface area contributed by atoms with Crippen molar-refractivity contribution in [2.75, 3.05) is 0 Å². The Morgan fingerprint density at radius 3 is 2.10 bits per heavy atom. The quantitative estimate of drug-likeness (QED) is 0.291. The molecule has 0 spiro atoms. The van der Waals surface area contributed by atoms with Gasteiger partial charge in [-0.2, -0.15) is 0 Å². The number of para-hydroxylation sites is 4. The van der Waals surface area contributed by atoms with E-state index in [1.54, 1.807) is 22.7 Å². The van der Waals surface area contributed by atoms with Gasteiger partial charge in [0.25, 0.3) is 0 Å². The smallest absolute Gasteiger partial charge is 0.229 e. The third kappa shape index (κ3) is 3.05. The molecule has 0 aliphatic rings. The molecule has 0 saturated heterocycles. The molecule has 6 rings (SSSR count). The molecule has 0 aliphatic carbocycles. The maximum atomic E-state index is 6.16. The topological polar surface area (TPSA) is 52.1 Å². The molecule has 0 N–H and O–H groups in total. The molecule has 6 aromatic rings. The van der Waals surface area contributed by atoms with Gasteiger partial charge in [-0.1, -0.05) is 30.3 Å². The Bertz CT molecular complexity index is 1390. The lowest BCUT2D eigenvalue weighted by atomic mass is 10.1. The van der Waals surface area contributed by atoms with Gasteiger partial charge in [0.05, 0.1) is 11.1 Å². The standard InChI is InChI=1S/C24H16N2O2S2/c1-3-9-19-17(7-1)25-23(27-19)16-14-30-21(12-11-15-6-5-13-29-15)22(16)24-26-18-8-2-4-10-20(18)28-24/h1-10,13-14H,11-12H2. The van der Waals surface area contributed by atoms with E-state index in [0.29, 0.717) is 11.8 Å². The first-order chi connectivity index (χ1) is 14.8. The Morgan fingerprint density at radius 2 is 1.40 bits per heavy atom. The fourth-order valence-corrected chi connectivity index (χ4v) is 5.35. The van der Waals surface area contributed by atoms with E-state index in [4.69, 9.17) is 18.8 Å². The minimum absolute atomic E-state index is 0.604. The van der Waals surface area contributed by atoms with Crippen molar-refractivity contribution in [3.05, 3.63) is 81.2 Å². The van der Waals surface area contributed by atoms with Crippen LogP contribution in [0, 0.1) is 0 Å². The third-order valence-corrected chi connectivity index (χ3v) is 7.06. The zero-order chi connectivity index (χ0) is 19.9. The number of hydrogen-bond donors (Lipinski definition) is 0. The van der Waals surface area contributed by atoms with Gasteiger partial charge in [-0.3, -0.25) is 0 Å². The summed E-state index contributed by atoms with van der Waals surface area (Å²) in [5.74, 6) is 1.22. The highest BCUT2D eigenvalue weighted by Gasteiger charge is 2.23. The number of rotatable bonds is 5. The van der Waals surface area contributed by atoms with Crippen molar-refractivity contribution in [1.29, 1.82) is 0 Å². The molecule has 6 heteroatoms. The van der Waals surface area contributed by atoms with E-state index >= 15 is 0 Å². The Labute approximate surface area is 180 Å². The molecule has 0 radical (unpaired) electrons. The zero-order valence-electron chi connectivity index (χ0n) is 15.9. The van der Waals surface area contributed by atoms with E-state index in [1.807, 2.05) is 48.5 Å². The number of thiophene rings is 2. The molecular formula is C24H16N2O2S2. The van der Waals surface area contributed by atoms with Crippen LogP contribution >= 0.6 is 22.7 Å². The Hall–Kier alpha value is -3.22. The molecule has 0 fully saturated rings. The highest BCUT2D eigenvalue weighted by Crippen LogP contribution is 2.41. The lowest BCUT2D eigenvalue weighted by Gasteiger charge is -2.02. The van der Waals surface area contributed by atoms with Crippen molar-refractivity contribution in [3.63, 3.8) is 0 Å². The molecule has 0 unspecified atom stereocenters. The van der Waals surface area contributed by atoms with Crippen LogP contribution in [0.3, 0.4) is 0 Å². The second-order valence-electron chi connectivity index (χ2n) is 7.00. The van der Waals surface area contributed by atoms with Gasteiger partial charge in [-0.15, -0.1) is 22.7 Å². The summed E-state index contributed by atoms with van der Waals surface area (Å²) >= 11 is 3.50. The number of aryl methyl sites for hydroxylation is 2. The van der Waals surface area contributed by atoms with Gasteiger partial charge in [0.2, 0.25) is 11.8 Å². The van der Waals surface area contributed by atoms with Gasteiger partial charge in [0, 0.05) is 15.1 Å². The van der Waals surface area contributed by atoms with E-state index in [1.165, 1.54) is 9.75 Å². The van der Waals surface area contributed by atoms with E-state index in [-0.39, 0.29) is 0 Å². The average Bonchev–Trinajstić information content (AvgIpc) is 3.56. The summed E-state index contributed by atoms with van der Waals surface area (Å²) in [7, 11) is 0. The molecule has 4 aromatic heterocycles. The van der Waals surface area contributed by atoms with Crippen molar-refractivity contribution in [1.82, 2.24) is 9.97 Å². The number of nitrogens with zero attached hydrogens (tertiary/aromatic N) is 2. The molecular weight excluding hydrogens is 412 g/mol. The molecule has 30 heavy (non-hydrogen) atoms. The molecule has 146 valence electrons. The van der Waals surface area contributed by atoms with Gasteiger partial charge >= 0.3 is 0 Å². The summed E-state index contributed by atoms with van der Waals surface area (Å²) in [6.45, 7) is 0. The lowest BCUT2D eigenvalue weighted by Crippen LogP contribution is -1.90. The van der Waals surface area contributed by atoms with Crippen LogP contribution in [-0.4, -0.2) is 9.97 Å². The molecule has 4 heterocycles. The van der Waals surface area contributed by atoms with Crippen LogP contribution in [0.2, 0.25) is 0 Å². The second-order valence-corrected chi connectivity index (χ2v) is 9.00. The predicted molar refractivity (Wildman–Crippen MR) is 122 cm³/mol. The van der Waals surface area contributed by atoms with Gasteiger partial charge in [0.1, 0.15) is 11.0 Å². The van der Waals surface area contributed by atoms with Crippen molar-refractivity contribution in [2.24, 2.45) is 0 Å². The molecule has 2 aromatic carbocycles. The molecule has 0 bridgehead atoms. The Morgan fingerprint density at radius 1 is 0.700 bits per heavy atom. The highest BCUT2D eigenvalue weighted by molar-refractivity contribution is 7.11. The minimum Gasteiger partial charge on any atom is -0.436 e. The van der Waals surface area contributed by atoms with Crippen LogP contribution in [0.25, 0.3) is 45.1 Å². The SMILES string of the molecule is c1csc(CCc2scc(-c3nc4ccccc4o3)c2-c2nc3ccccc3o2)c1. The van der Waals surface area contributed by atoms with Gasteiger partial charge in [0.15, 0.2) is 11.2 Å². The van der Waals surface area contributed by atoms with Crippen molar-refractivity contribution >= 4 is 44.9 Å². The Kier molecular flexibility index (Phi) is 4.25. The summed E-state index contributed by atoms with van der Waals surface area (Å²) in [5.41, 5.74) is 5.19. The number of hydrogen-bond acceptors (Lipinski definition) is 6. The normalized spacial score (nSPS) is 11.6. The van der Waals surface area contributed by atoms with E-state index < -0.39 is 0 Å². The van der Waals surface area contributed by atoms with Crippen LogP contribution in [0.15, 0.2) is 80.3 Å². The first-order valence-electron chi connectivity index (χ1n) is 9.70. The molecule has 4 nitrogen and oxygen atoms in total. The largest absolute Gasteiger partial charge is 0.436 e. The van der Waals surface area contributed by atoms with Crippen LogP contribution < -0.4 is 0 Å². The maximum Gasteiger partial charge on any atom is 0.229 e. The summed E-state index contributed by atoms with van der Waals surface area (Å²) in [5, 5.41) is 4.23. The number of oxazole rings is 2. The highest BCUT2D eigenvalue weighted by atomic mass is 32.1. The number of aromatic nitrogens is 2. The summed E-state index contributed by atoms with van der Waals surface area (Å²) < 4.78 is 12.2. The fraction of sp³-hybridized carbons (Fsp3) is 0.0833. The monoisotopic (exact) mass is 428 g/mol. The van der Waals surface area contributed by atoms with E-state index in [0.717, 1.165) is 46.2 Å². The van der Waals surface area contributed by atoms with E-state index in [2.05, 4.69) is 22.9 Å². The van der Waals surface area contributed by atoms with Crippen molar-refractivity contribution in [2.45, 2.75) is 12.8 Å². The number of fused-ring (bicyclic) bond motifs is 2. The maximum absolute atomic E-state index is 6.16. The summed E-state index contributed by atoms with van der Waals surface area (Å²) in [4.78, 5) is 12.1. The lowest BCUT2D eigenvalue weighted by molar-refractivity contribution is 0.611. The molecule has 0 saturated carbocycles. The number of benzene rings is 2. The molecule has 0 atom stereocenters. The fourth-order valence-electron chi connectivity index (χ4n) is 3.63. The van der Waals surface area contributed by atoms with Crippen LogP contribution in [0.4, 0.5) is 0 Å². The summed E-state index contributed by atoms with van der Waals surface area (Å²) in [6.07, 6.45) is 1.90. The Balaban J connectivity index is 1.50. The van der Waals surface area contributed by atoms with Gasteiger partial charge in [-0.25, -0.2) is 9.97 Å². The third-order valence-electron chi connectivity index (χ3n) is 5.08. The molecule has 0 aliphatic heterocycles. The van der Waals surface area contributed by atoms with Crippen LogP contribution in [0.1, 0.15) is 9.75 Å². The minimum atomic E-state index is 0.604.